The topological polar surface area (TPSA) is 70.8 Å². The summed E-state index contributed by atoms with van der Waals surface area (Å²) in [7, 11) is 4.49. The maximum atomic E-state index is 12.7. The number of hydrogen-bond donors (Lipinski definition) is 1. The quantitative estimate of drug-likeness (QED) is 0.676. The zero-order chi connectivity index (χ0) is 15.4. The lowest BCUT2D eigenvalue weighted by Gasteiger charge is -2.15. The van der Waals surface area contributed by atoms with E-state index in [1.165, 1.54) is 21.3 Å². The molecule has 0 radical (unpaired) electrons. The summed E-state index contributed by atoms with van der Waals surface area (Å²) in [5, 5.41) is 0. The van der Waals surface area contributed by atoms with Crippen LogP contribution in [0.2, 0.25) is 0 Å². The van der Waals surface area contributed by atoms with E-state index in [4.69, 9.17) is 19.9 Å². The van der Waals surface area contributed by atoms with Crippen molar-refractivity contribution in [2.75, 3.05) is 27.1 Å². The molecule has 0 heterocycles. The van der Waals surface area contributed by atoms with Gasteiger partial charge < -0.3 is 19.9 Å². The first-order chi connectivity index (χ1) is 10.1. The van der Waals surface area contributed by atoms with Crippen LogP contribution in [0, 0.1) is 0 Å². The molecule has 0 aliphatic carbocycles. The minimum absolute atomic E-state index is 0.231. The number of ether oxygens (including phenoxy) is 3. The van der Waals surface area contributed by atoms with E-state index >= 15 is 0 Å². The first-order valence-corrected chi connectivity index (χ1v) is 6.32. The SMILES string of the molecule is COc1ccc(C(=O)c2ccccc2N)c(OC)c1OC. The van der Waals surface area contributed by atoms with E-state index in [9.17, 15) is 4.79 Å². The number of nitrogens with two attached hydrogens (primary N) is 1. The predicted molar refractivity (Wildman–Crippen MR) is 80.4 cm³/mol. The van der Waals surface area contributed by atoms with Crippen molar-refractivity contribution in [3.05, 3.63) is 47.5 Å². The number of nitrogen functional groups attached to an aromatic ring is 1. The monoisotopic (exact) mass is 287 g/mol. The van der Waals surface area contributed by atoms with Crippen molar-refractivity contribution < 1.29 is 19.0 Å². The summed E-state index contributed by atoms with van der Waals surface area (Å²) in [6.45, 7) is 0. The molecule has 0 fully saturated rings. The summed E-state index contributed by atoms with van der Waals surface area (Å²) in [5.41, 5.74) is 7.06. The van der Waals surface area contributed by atoms with Gasteiger partial charge in [0, 0.05) is 11.3 Å². The van der Waals surface area contributed by atoms with Crippen molar-refractivity contribution in [2.24, 2.45) is 0 Å². The van der Waals surface area contributed by atoms with E-state index in [1.807, 2.05) is 0 Å². The van der Waals surface area contributed by atoms with Crippen LogP contribution in [0.15, 0.2) is 36.4 Å². The molecule has 0 spiro atoms. The number of rotatable bonds is 5. The Bertz CT molecular complexity index is 667. The number of methoxy groups -OCH3 is 3. The molecule has 21 heavy (non-hydrogen) atoms. The predicted octanol–water partition coefficient (Wildman–Crippen LogP) is 2.53. The van der Waals surface area contributed by atoms with Crippen LogP contribution in [0.1, 0.15) is 15.9 Å². The van der Waals surface area contributed by atoms with Crippen LogP contribution in [0.5, 0.6) is 17.2 Å². The summed E-state index contributed by atoms with van der Waals surface area (Å²) >= 11 is 0. The Balaban J connectivity index is 2.59. The van der Waals surface area contributed by atoms with Crippen LogP contribution < -0.4 is 19.9 Å². The molecule has 2 aromatic carbocycles. The second-order valence-electron chi connectivity index (χ2n) is 4.30. The highest BCUT2D eigenvalue weighted by molar-refractivity contribution is 6.14. The Morgan fingerprint density at radius 1 is 0.857 bits per heavy atom. The summed E-state index contributed by atoms with van der Waals surface area (Å²) in [6, 6.07) is 10.2. The third kappa shape index (κ3) is 2.63. The summed E-state index contributed by atoms with van der Waals surface area (Å²) in [5.74, 6) is 0.961. The van der Waals surface area contributed by atoms with E-state index in [0.717, 1.165) is 0 Å². The average Bonchev–Trinajstić information content (AvgIpc) is 2.52. The third-order valence-electron chi connectivity index (χ3n) is 3.15. The molecule has 5 nitrogen and oxygen atoms in total. The van der Waals surface area contributed by atoms with Gasteiger partial charge in [0.15, 0.2) is 17.3 Å². The molecule has 0 saturated heterocycles. The molecule has 2 N–H and O–H groups in total. The Morgan fingerprint density at radius 3 is 2.10 bits per heavy atom. The molecule has 0 aromatic heterocycles. The highest BCUT2D eigenvalue weighted by atomic mass is 16.5. The Hall–Kier alpha value is -2.69. The number of carbonyl (C=O) groups is 1. The van der Waals surface area contributed by atoms with Gasteiger partial charge in [-0.3, -0.25) is 4.79 Å². The molecule has 0 amide bonds. The van der Waals surface area contributed by atoms with Gasteiger partial charge >= 0.3 is 0 Å². The maximum Gasteiger partial charge on any atom is 0.204 e. The van der Waals surface area contributed by atoms with Gasteiger partial charge in [-0.1, -0.05) is 12.1 Å². The van der Waals surface area contributed by atoms with Crippen LogP contribution in [0.4, 0.5) is 5.69 Å². The zero-order valence-corrected chi connectivity index (χ0v) is 12.2. The number of anilines is 1. The van der Waals surface area contributed by atoms with Gasteiger partial charge in [0.2, 0.25) is 5.75 Å². The van der Waals surface area contributed by atoms with Crippen molar-refractivity contribution in [2.45, 2.75) is 0 Å². The van der Waals surface area contributed by atoms with E-state index < -0.39 is 0 Å². The molecule has 0 unspecified atom stereocenters. The fourth-order valence-corrected chi connectivity index (χ4v) is 2.13. The van der Waals surface area contributed by atoms with E-state index in [-0.39, 0.29) is 5.78 Å². The van der Waals surface area contributed by atoms with Gasteiger partial charge in [-0.05, 0) is 24.3 Å². The fraction of sp³-hybridized carbons (Fsp3) is 0.188. The van der Waals surface area contributed by atoms with Crippen LogP contribution >= 0.6 is 0 Å². The molecular weight excluding hydrogens is 270 g/mol. The molecule has 0 aliphatic heterocycles. The molecule has 2 rings (SSSR count). The van der Waals surface area contributed by atoms with Crippen LogP contribution in [0.25, 0.3) is 0 Å². The van der Waals surface area contributed by atoms with Gasteiger partial charge in [0.1, 0.15) is 0 Å². The summed E-state index contributed by atoms with van der Waals surface area (Å²) in [4.78, 5) is 12.7. The maximum absolute atomic E-state index is 12.7. The minimum atomic E-state index is -0.231. The van der Waals surface area contributed by atoms with Crippen LogP contribution in [0.3, 0.4) is 0 Å². The van der Waals surface area contributed by atoms with Gasteiger partial charge in [-0.15, -0.1) is 0 Å². The van der Waals surface area contributed by atoms with E-state index in [1.54, 1.807) is 36.4 Å². The normalized spacial score (nSPS) is 10.0. The Morgan fingerprint density at radius 2 is 1.52 bits per heavy atom. The van der Waals surface area contributed by atoms with Crippen LogP contribution in [-0.4, -0.2) is 27.1 Å². The second-order valence-corrected chi connectivity index (χ2v) is 4.30. The standard InChI is InChI=1S/C16H17NO4/c1-19-13-9-8-11(15(20-2)16(13)21-3)14(18)10-6-4-5-7-12(10)17/h4-9H,17H2,1-3H3. The smallest absolute Gasteiger partial charge is 0.204 e. The van der Waals surface area contributed by atoms with E-state index in [0.29, 0.717) is 34.1 Å². The fourth-order valence-electron chi connectivity index (χ4n) is 2.13. The van der Waals surface area contributed by atoms with Crippen molar-refractivity contribution in [3.8, 4) is 17.2 Å². The molecule has 110 valence electrons. The van der Waals surface area contributed by atoms with Crippen molar-refractivity contribution in [1.29, 1.82) is 0 Å². The van der Waals surface area contributed by atoms with E-state index in [2.05, 4.69) is 0 Å². The number of hydrogen-bond acceptors (Lipinski definition) is 5. The molecule has 5 heteroatoms. The number of carbonyl (C=O) groups excluding carboxylic acids is 1. The molecule has 0 bridgehead atoms. The van der Waals surface area contributed by atoms with Crippen LogP contribution in [-0.2, 0) is 0 Å². The minimum Gasteiger partial charge on any atom is -0.493 e. The first kappa shape index (κ1) is 14.7. The van der Waals surface area contributed by atoms with Crippen molar-refractivity contribution in [3.63, 3.8) is 0 Å². The highest BCUT2D eigenvalue weighted by Crippen LogP contribution is 2.40. The van der Waals surface area contributed by atoms with Gasteiger partial charge in [-0.2, -0.15) is 0 Å². The summed E-state index contributed by atoms with van der Waals surface area (Å²) in [6.07, 6.45) is 0. The molecule has 2 aromatic rings. The van der Waals surface area contributed by atoms with Gasteiger partial charge in [0.25, 0.3) is 0 Å². The second kappa shape index (κ2) is 6.17. The lowest BCUT2D eigenvalue weighted by molar-refractivity contribution is 0.103. The Kier molecular flexibility index (Phi) is 4.33. The Labute approximate surface area is 123 Å². The third-order valence-corrected chi connectivity index (χ3v) is 3.15. The molecule has 0 aliphatic rings. The zero-order valence-electron chi connectivity index (χ0n) is 12.2. The molecule has 0 atom stereocenters. The van der Waals surface area contributed by atoms with Gasteiger partial charge in [-0.25, -0.2) is 0 Å². The average molecular weight is 287 g/mol. The van der Waals surface area contributed by atoms with Crippen molar-refractivity contribution in [1.82, 2.24) is 0 Å². The largest absolute Gasteiger partial charge is 0.493 e. The number of ketones is 1. The number of benzene rings is 2. The van der Waals surface area contributed by atoms with Crippen molar-refractivity contribution >= 4 is 11.5 Å². The molecular formula is C16H17NO4. The summed E-state index contributed by atoms with van der Waals surface area (Å²) < 4.78 is 15.8. The number of para-hydroxylation sites is 1. The lowest BCUT2D eigenvalue weighted by atomic mass is 10.0. The lowest BCUT2D eigenvalue weighted by Crippen LogP contribution is -2.08. The molecule has 0 saturated carbocycles. The highest BCUT2D eigenvalue weighted by Gasteiger charge is 2.22. The van der Waals surface area contributed by atoms with Gasteiger partial charge in [0.05, 0.1) is 26.9 Å². The first-order valence-electron chi connectivity index (χ1n) is 6.32.